The number of ether oxygens (including phenoxy) is 2. The lowest BCUT2D eigenvalue weighted by molar-refractivity contribution is -0.207. The van der Waals surface area contributed by atoms with Gasteiger partial charge in [-0.25, -0.2) is 9.97 Å². The lowest BCUT2D eigenvalue weighted by atomic mass is 9.92. The molecule has 1 aliphatic rings. The highest BCUT2D eigenvalue weighted by Gasteiger charge is 2.42. The average molecular weight is 290 g/mol. The van der Waals surface area contributed by atoms with E-state index in [1.54, 1.807) is 24.3 Å². The van der Waals surface area contributed by atoms with Gasteiger partial charge in [-0.15, -0.1) is 0 Å². The Kier molecular flexibility index (Phi) is 4.66. The maximum atomic E-state index is 12.5. The Hall–Kier alpha value is -2.25. The van der Waals surface area contributed by atoms with Gasteiger partial charge in [-0.1, -0.05) is 18.2 Å². The summed E-state index contributed by atoms with van der Waals surface area (Å²) in [7, 11) is 1.50. The summed E-state index contributed by atoms with van der Waals surface area (Å²) in [5.41, 5.74) is 6.05. The van der Waals surface area contributed by atoms with Crippen molar-refractivity contribution in [3.8, 4) is 0 Å². The summed E-state index contributed by atoms with van der Waals surface area (Å²) < 4.78 is 11.1. The third kappa shape index (κ3) is 3.09. The van der Waals surface area contributed by atoms with Crippen LogP contribution in [0.4, 0.5) is 11.5 Å². The molecule has 0 aromatic carbocycles. The van der Waals surface area contributed by atoms with Crippen LogP contribution in [0.1, 0.15) is 6.92 Å². The van der Waals surface area contributed by atoms with Gasteiger partial charge in [-0.05, 0) is 13.0 Å². The van der Waals surface area contributed by atoms with Crippen LogP contribution in [0.5, 0.6) is 0 Å². The highest BCUT2D eigenvalue weighted by atomic mass is 16.7. The monoisotopic (exact) mass is 290 g/mol. The molecule has 7 heteroatoms. The van der Waals surface area contributed by atoms with Crippen LogP contribution in [-0.2, 0) is 14.3 Å². The van der Waals surface area contributed by atoms with Crippen molar-refractivity contribution < 1.29 is 14.3 Å². The SMILES string of the molecule is CCOC1(OC)C=CC=CC1C(=O)Nc1cncnc1N. The number of anilines is 2. The largest absolute Gasteiger partial charge is 0.382 e. The highest BCUT2D eigenvalue weighted by Crippen LogP contribution is 2.31. The Morgan fingerprint density at radius 1 is 1.52 bits per heavy atom. The number of nitrogens with one attached hydrogen (secondary N) is 1. The molecule has 1 amide bonds. The van der Waals surface area contributed by atoms with Gasteiger partial charge in [0.15, 0.2) is 5.82 Å². The topological polar surface area (TPSA) is 99.4 Å². The summed E-state index contributed by atoms with van der Waals surface area (Å²) >= 11 is 0. The first-order chi connectivity index (χ1) is 10.1. The number of amides is 1. The predicted octanol–water partition coefficient (Wildman–Crippen LogP) is 1.12. The van der Waals surface area contributed by atoms with Crippen molar-refractivity contribution >= 4 is 17.4 Å². The second-order valence-electron chi connectivity index (χ2n) is 4.39. The van der Waals surface area contributed by atoms with E-state index in [2.05, 4.69) is 15.3 Å². The van der Waals surface area contributed by atoms with E-state index in [1.165, 1.54) is 19.6 Å². The van der Waals surface area contributed by atoms with Crippen LogP contribution in [0, 0.1) is 5.92 Å². The first-order valence-electron chi connectivity index (χ1n) is 6.54. The zero-order valence-corrected chi connectivity index (χ0v) is 11.9. The summed E-state index contributed by atoms with van der Waals surface area (Å²) in [6.45, 7) is 2.25. The predicted molar refractivity (Wildman–Crippen MR) is 78.2 cm³/mol. The lowest BCUT2D eigenvalue weighted by Gasteiger charge is -2.35. The van der Waals surface area contributed by atoms with Crippen LogP contribution < -0.4 is 11.1 Å². The molecule has 1 heterocycles. The number of carbonyl (C=O) groups excluding carboxylic acids is 1. The van der Waals surface area contributed by atoms with Crippen molar-refractivity contribution in [2.75, 3.05) is 24.8 Å². The molecule has 2 atom stereocenters. The normalized spacial score (nSPS) is 24.0. The number of nitrogens with two attached hydrogens (primary N) is 1. The van der Waals surface area contributed by atoms with Crippen molar-refractivity contribution in [3.05, 3.63) is 36.8 Å². The van der Waals surface area contributed by atoms with Gasteiger partial charge < -0.3 is 20.5 Å². The van der Waals surface area contributed by atoms with E-state index in [1.807, 2.05) is 6.92 Å². The molecule has 0 spiro atoms. The molecule has 0 bridgehead atoms. The molecule has 0 aliphatic heterocycles. The molecule has 1 aliphatic carbocycles. The molecule has 2 unspecified atom stereocenters. The second kappa shape index (κ2) is 6.47. The number of hydrogen-bond acceptors (Lipinski definition) is 6. The fourth-order valence-electron chi connectivity index (χ4n) is 2.14. The minimum atomic E-state index is -1.13. The third-order valence-electron chi connectivity index (χ3n) is 3.15. The molecule has 0 saturated heterocycles. The molecule has 112 valence electrons. The summed E-state index contributed by atoms with van der Waals surface area (Å²) in [6, 6.07) is 0. The molecule has 21 heavy (non-hydrogen) atoms. The molecule has 0 fully saturated rings. The average Bonchev–Trinajstić information content (AvgIpc) is 2.50. The van der Waals surface area contributed by atoms with Crippen molar-refractivity contribution in [2.24, 2.45) is 5.92 Å². The molecule has 1 aromatic heterocycles. The van der Waals surface area contributed by atoms with E-state index >= 15 is 0 Å². The number of rotatable bonds is 5. The van der Waals surface area contributed by atoms with E-state index in [0.717, 1.165) is 0 Å². The summed E-state index contributed by atoms with van der Waals surface area (Å²) in [6.07, 6.45) is 9.74. The Bertz CT molecular complexity index is 573. The Morgan fingerprint density at radius 2 is 2.33 bits per heavy atom. The minimum Gasteiger partial charge on any atom is -0.382 e. The minimum absolute atomic E-state index is 0.202. The van der Waals surface area contributed by atoms with Crippen molar-refractivity contribution in [3.63, 3.8) is 0 Å². The van der Waals surface area contributed by atoms with Crippen LogP contribution in [0.3, 0.4) is 0 Å². The van der Waals surface area contributed by atoms with E-state index in [-0.39, 0.29) is 11.7 Å². The smallest absolute Gasteiger partial charge is 0.237 e. The van der Waals surface area contributed by atoms with Crippen LogP contribution in [0.2, 0.25) is 0 Å². The summed E-state index contributed by atoms with van der Waals surface area (Å²) in [5, 5.41) is 2.69. The molecule has 3 N–H and O–H groups in total. The first-order valence-corrected chi connectivity index (χ1v) is 6.54. The van der Waals surface area contributed by atoms with Gasteiger partial charge in [-0.2, -0.15) is 0 Å². The number of allylic oxidation sites excluding steroid dienone is 2. The number of aromatic nitrogens is 2. The zero-order chi connectivity index (χ0) is 15.3. The van der Waals surface area contributed by atoms with E-state index in [0.29, 0.717) is 12.3 Å². The molecule has 1 aromatic rings. The maximum absolute atomic E-state index is 12.5. The quantitative estimate of drug-likeness (QED) is 0.788. The zero-order valence-electron chi connectivity index (χ0n) is 11.9. The number of hydrogen-bond donors (Lipinski definition) is 2. The van der Waals surface area contributed by atoms with Gasteiger partial charge in [0.05, 0.1) is 6.20 Å². The molecule has 7 nitrogen and oxygen atoms in total. The van der Waals surface area contributed by atoms with Gasteiger partial charge >= 0.3 is 0 Å². The van der Waals surface area contributed by atoms with Gasteiger partial charge in [0.1, 0.15) is 17.9 Å². The number of methoxy groups -OCH3 is 1. The van der Waals surface area contributed by atoms with E-state index < -0.39 is 11.7 Å². The fourth-order valence-corrected chi connectivity index (χ4v) is 2.14. The van der Waals surface area contributed by atoms with Crippen LogP contribution in [-0.4, -0.2) is 35.4 Å². The number of nitrogens with zero attached hydrogens (tertiary/aromatic N) is 2. The van der Waals surface area contributed by atoms with E-state index in [9.17, 15) is 4.79 Å². The summed E-state index contributed by atoms with van der Waals surface area (Å²) in [4.78, 5) is 20.2. The molecule has 2 rings (SSSR count). The molecular formula is C14H18N4O3. The third-order valence-corrected chi connectivity index (χ3v) is 3.15. The Balaban J connectivity index is 2.22. The molecular weight excluding hydrogens is 272 g/mol. The van der Waals surface area contributed by atoms with Gasteiger partial charge in [0.25, 0.3) is 0 Å². The Labute approximate surface area is 122 Å². The van der Waals surface area contributed by atoms with Gasteiger partial charge in [-0.3, -0.25) is 4.79 Å². The molecule has 0 saturated carbocycles. The van der Waals surface area contributed by atoms with Crippen molar-refractivity contribution in [1.29, 1.82) is 0 Å². The fraction of sp³-hybridized carbons (Fsp3) is 0.357. The van der Waals surface area contributed by atoms with Crippen molar-refractivity contribution in [1.82, 2.24) is 9.97 Å². The Morgan fingerprint density at radius 3 is 3.00 bits per heavy atom. The van der Waals surface area contributed by atoms with Crippen LogP contribution in [0.15, 0.2) is 36.8 Å². The number of nitrogen functional groups attached to an aromatic ring is 1. The lowest BCUT2D eigenvalue weighted by Crippen LogP contribution is -2.47. The highest BCUT2D eigenvalue weighted by molar-refractivity contribution is 5.96. The molecule has 0 radical (unpaired) electrons. The van der Waals surface area contributed by atoms with Crippen molar-refractivity contribution in [2.45, 2.75) is 12.7 Å². The van der Waals surface area contributed by atoms with Gasteiger partial charge in [0.2, 0.25) is 11.7 Å². The van der Waals surface area contributed by atoms with E-state index in [4.69, 9.17) is 15.2 Å². The summed E-state index contributed by atoms with van der Waals surface area (Å²) in [5.74, 6) is -1.88. The second-order valence-corrected chi connectivity index (χ2v) is 4.39. The van der Waals surface area contributed by atoms with Gasteiger partial charge in [0, 0.05) is 13.7 Å². The van der Waals surface area contributed by atoms with Crippen LogP contribution in [0.25, 0.3) is 0 Å². The maximum Gasteiger partial charge on any atom is 0.237 e. The standard InChI is InChI=1S/C14H18N4O3/c1-3-21-14(20-2)7-5-4-6-10(14)13(19)18-11-8-16-9-17-12(11)15/h4-10H,3H2,1-2H3,(H,18,19)(H2,15,16,17). The number of carbonyl (C=O) groups is 1. The van der Waals surface area contributed by atoms with Crippen LogP contribution >= 0.6 is 0 Å². The first kappa shape index (κ1) is 15.1.